The average Bonchev–Trinajstić information content (AvgIpc) is 2.32. The van der Waals surface area contributed by atoms with Gasteiger partial charge in [0.05, 0.1) is 11.0 Å². The largest absolute Gasteiger partial charge is 0.391 e. The first kappa shape index (κ1) is 13.8. The highest BCUT2D eigenvalue weighted by Crippen LogP contribution is 2.21. The van der Waals surface area contributed by atoms with Gasteiger partial charge in [0.2, 0.25) is 10.0 Å². The lowest BCUT2D eigenvalue weighted by molar-refractivity contribution is 0.101. The van der Waals surface area contributed by atoms with E-state index in [-0.39, 0.29) is 10.9 Å². The van der Waals surface area contributed by atoms with Gasteiger partial charge in [-0.2, -0.15) is 0 Å². The highest BCUT2D eigenvalue weighted by atomic mass is 35.5. The fourth-order valence-corrected chi connectivity index (χ4v) is 3.56. The van der Waals surface area contributed by atoms with Gasteiger partial charge in [0, 0.05) is 11.1 Å². The zero-order chi connectivity index (χ0) is 13.2. The van der Waals surface area contributed by atoms with Gasteiger partial charge in [-0.15, -0.1) is 0 Å². The summed E-state index contributed by atoms with van der Waals surface area (Å²) in [6, 6.07) is 5.60. The number of hydrogen-bond donors (Lipinski definition) is 2. The lowest BCUT2D eigenvalue weighted by Crippen LogP contribution is -2.44. The summed E-state index contributed by atoms with van der Waals surface area (Å²) < 4.78 is 26.7. The Labute approximate surface area is 112 Å². The van der Waals surface area contributed by atoms with Crippen LogP contribution in [0, 0.1) is 0 Å². The number of benzene rings is 1. The van der Waals surface area contributed by atoms with E-state index < -0.39 is 16.1 Å². The van der Waals surface area contributed by atoms with Crippen molar-refractivity contribution in [3.8, 4) is 0 Å². The lowest BCUT2D eigenvalue weighted by Gasteiger charge is -2.28. The van der Waals surface area contributed by atoms with Gasteiger partial charge in [0.1, 0.15) is 0 Å². The van der Waals surface area contributed by atoms with Gasteiger partial charge in [-0.05, 0) is 37.1 Å². The summed E-state index contributed by atoms with van der Waals surface area (Å²) in [5, 5.41) is 10.3. The van der Waals surface area contributed by atoms with Crippen LogP contribution < -0.4 is 4.72 Å². The van der Waals surface area contributed by atoms with Crippen molar-refractivity contribution in [3.05, 3.63) is 29.3 Å². The SMILES string of the molecule is O=S(=O)(N[C@H]1CCCC[C@H]1O)c1ccc(Cl)cc1. The number of rotatable bonds is 3. The molecule has 0 unspecified atom stereocenters. The van der Waals surface area contributed by atoms with E-state index in [0.29, 0.717) is 17.9 Å². The van der Waals surface area contributed by atoms with E-state index in [4.69, 9.17) is 11.6 Å². The van der Waals surface area contributed by atoms with Gasteiger partial charge >= 0.3 is 0 Å². The average molecular weight is 290 g/mol. The second-order valence-corrected chi connectivity index (χ2v) is 6.68. The predicted molar refractivity (Wildman–Crippen MR) is 70.0 cm³/mol. The van der Waals surface area contributed by atoms with Crippen LogP contribution in [0.1, 0.15) is 25.7 Å². The fraction of sp³-hybridized carbons (Fsp3) is 0.500. The van der Waals surface area contributed by atoms with E-state index in [9.17, 15) is 13.5 Å². The smallest absolute Gasteiger partial charge is 0.240 e. The van der Waals surface area contributed by atoms with Crippen molar-refractivity contribution in [1.29, 1.82) is 0 Å². The number of nitrogens with one attached hydrogen (secondary N) is 1. The number of halogens is 1. The Bertz CT molecular complexity index is 501. The molecular formula is C12H16ClNO3S. The maximum Gasteiger partial charge on any atom is 0.240 e. The molecule has 4 nitrogen and oxygen atoms in total. The van der Waals surface area contributed by atoms with Crippen LogP contribution in [0.3, 0.4) is 0 Å². The van der Waals surface area contributed by atoms with E-state index in [1.165, 1.54) is 24.3 Å². The molecule has 0 aromatic heterocycles. The van der Waals surface area contributed by atoms with Crippen LogP contribution >= 0.6 is 11.6 Å². The molecule has 2 atom stereocenters. The molecule has 0 amide bonds. The molecule has 0 aliphatic heterocycles. The van der Waals surface area contributed by atoms with Crippen molar-refractivity contribution in [2.24, 2.45) is 0 Å². The molecule has 0 bridgehead atoms. The summed E-state index contributed by atoms with van der Waals surface area (Å²) in [6.07, 6.45) is 2.60. The zero-order valence-corrected chi connectivity index (χ0v) is 11.4. The summed E-state index contributed by atoms with van der Waals surface area (Å²) in [7, 11) is -3.58. The highest BCUT2D eigenvalue weighted by molar-refractivity contribution is 7.89. The second kappa shape index (κ2) is 5.57. The van der Waals surface area contributed by atoms with E-state index in [0.717, 1.165) is 12.8 Å². The quantitative estimate of drug-likeness (QED) is 0.893. The van der Waals surface area contributed by atoms with Gasteiger partial charge < -0.3 is 5.11 Å². The van der Waals surface area contributed by atoms with Crippen LogP contribution in [0.25, 0.3) is 0 Å². The van der Waals surface area contributed by atoms with E-state index in [1.54, 1.807) is 0 Å². The van der Waals surface area contributed by atoms with Gasteiger partial charge in [-0.25, -0.2) is 13.1 Å². The summed E-state index contributed by atoms with van der Waals surface area (Å²) in [6.45, 7) is 0. The van der Waals surface area contributed by atoms with E-state index in [1.807, 2.05) is 0 Å². The Kier molecular flexibility index (Phi) is 4.27. The molecule has 1 fully saturated rings. The molecule has 0 radical (unpaired) electrons. The maximum atomic E-state index is 12.1. The molecule has 1 aliphatic rings. The number of aliphatic hydroxyl groups excluding tert-OH is 1. The standard InChI is InChI=1S/C12H16ClNO3S/c13-9-5-7-10(8-6-9)18(16,17)14-11-3-1-2-4-12(11)15/h5-8,11-12,14-15H,1-4H2/t11-,12+/m0/s1. The van der Waals surface area contributed by atoms with Crippen molar-refractivity contribution in [1.82, 2.24) is 4.72 Å². The maximum absolute atomic E-state index is 12.1. The van der Waals surface area contributed by atoms with Crippen molar-refractivity contribution in [3.63, 3.8) is 0 Å². The molecule has 1 aromatic carbocycles. The minimum Gasteiger partial charge on any atom is -0.391 e. The normalized spacial score (nSPS) is 25.0. The van der Waals surface area contributed by atoms with Crippen LogP contribution in [0.15, 0.2) is 29.2 Å². The van der Waals surface area contributed by atoms with Crippen LogP contribution in [0.2, 0.25) is 5.02 Å². The first-order chi connectivity index (χ1) is 8.49. The third-order valence-electron chi connectivity index (χ3n) is 3.16. The third kappa shape index (κ3) is 3.23. The molecule has 2 rings (SSSR count). The molecule has 0 saturated heterocycles. The van der Waals surface area contributed by atoms with Crippen LogP contribution in [-0.2, 0) is 10.0 Å². The van der Waals surface area contributed by atoms with Crippen LogP contribution in [0.4, 0.5) is 0 Å². The molecule has 18 heavy (non-hydrogen) atoms. The van der Waals surface area contributed by atoms with Gasteiger partial charge in [-0.3, -0.25) is 0 Å². The molecule has 2 N–H and O–H groups in total. The molecule has 6 heteroatoms. The van der Waals surface area contributed by atoms with Gasteiger partial charge in [-0.1, -0.05) is 24.4 Å². The molecule has 100 valence electrons. The van der Waals surface area contributed by atoms with Crippen LogP contribution in [0.5, 0.6) is 0 Å². The Morgan fingerprint density at radius 2 is 1.78 bits per heavy atom. The molecule has 1 aromatic rings. The summed E-state index contributed by atoms with van der Waals surface area (Å²) in [4.78, 5) is 0.171. The number of hydrogen-bond acceptors (Lipinski definition) is 3. The minimum atomic E-state index is -3.58. The van der Waals surface area contributed by atoms with Crippen molar-refractivity contribution in [2.75, 3.05) is 0 Å². The monoisotopic (exact) mass is 289 g/mol. The van der Waals surface area contributed by atoms with Gasteiger partial charge in [0.25, 0.3) is 0 Å². The first-order valence-corrected chi connectivity index (χ1v) is 7.81. The summed E-state index contributed by atoms with van der Waals surface area (Å²) >= 11 is 5.72. The first-order valence-electron chi connectivity index (χ1n) is 5.95. The molecule has 0 heterocycles. The van der Waals surface area contributed by atoms with Gasteiger partial charge in [0.15, 0.2) is 0 Å². The van der Waals surface area contributed by atoms with Crippen molar-refractivity contribution in [2.45, 2.75) is 42.7 Å². The molecule has 0 spiro atoms. The topological polar surface area (TPSA) is 66.4 Å². The lowest BCUT2D eigenvalue weighted by atomic mass is 9.93. The summed E-state index contributed by atoms with van der Waals surface area (Å²) in [5.41, 5.74) is 0. The molecule has 1 saturated carbocycles. The number of sulfonamides is 1. The highest BCUT2D eigenvalue weighted by Gasteiger charge is 2.27. The number of aliphatic hydroxyl groups is 1. The predicted octanol–water partition coefficient (Wildman–Crippen LogP) is 1.92. The zero-order valence-electron chi connectivity index (χ0n) is 9.84. The van der Waals surface area contributed by atoms with Crippen LogP contribution in [-0.4, -0.2) is 25.7 Å². The van der Waals surface area contributed by atoms with E-state index >= 15 is 0 Å². The third-order valence-corrected chi connectivity index (χ3v) is 4.92. The Morgan fingerprint density at radius 1 is 1.17 bits per heavy atom. The molecular weight excluding hydrogens is 274 g/mol. The second-order valence-electron chi connectivity index (χ2n) is 4.53. The Hall–Kier alpha value is -0.620. The van der Waals surface area contributed by atoms with Crippen molar-refractivity contribution < 1.29 is 13.5 Å². The van der Waals surface area contributed by atoms with Crippen molar-refractivity contribution >= 4 is 21.6 Å². The minimum absolute atomic E-state index is 0.171. The Morgan fingerprint density at radius 3 is 2.39 bits per heavy atom. The fourth-order valence-electron chi connectivity index (χ4n) is 2.13. The Balaban J connectivity index is 2.13. The molecule has 1 aliphatic carbocycles. The van der Waals surface area contributed by atoms with E-state index in [2.05, 4.69) is 4.72 Å². The summed E-state index contributed by atoms with van der Waals surface area (Å²) in [5.74, 6) is 0.